The van der Waals surface area contributed by atoms with E-state index in [4.69, 9.17) is 0 Å². The summed E-state index contributed by atoms with van der Waals surface area (Å²) in [4.78, 5) is 29.3. The summed E-state index contributed by atoms with van der Waals surface area (Å²) < 4.78 is 27.9. The van der Waals surface area contributed by atoms with Gasteiger partial charge in [0.2, 0.25) is 10.0 Å². The Bertz CT molecular complexity index is 1180. The number of hydrogen-bond donors (Lipinski definition) is 1. The minimum atomic E-state index is -3.61. The maximum Gasteiger partial charge on any atom is 0.326 e. The highest BCUT2D eigenvalue weighted by Gasteiger charge is 2.52. The number of benzene rings is 2. The maximum absolute atomic E-state index is 13.2. The van der Waals surface area contributed by atoms with Crippen molar-refractivity contribution in [3.8, 4) is 0 Å². The highest BCUT2D eigenvalue weighted by molar-refractivity contribution is 7.89. The van der Waals surface area contributed by atoms with Crippen LogP contribution in [0.25, 0.3) is 10.8 Å². The second-order valence-corrected chi connectivity index (χ2v) is 11.5. The fourth-order valence-corrected chi connectivity index (χ4v) is 6.64. The molecule has 0 atom stereocenters. The first-order valence-corrected chi connectivity index (χ1v) is 13.1. The van der Waals surface area contributed by atoms with Crippen LogP contribution >= 0.6 is 0 Å². The molecule has 9 heteroatoms. The zero-order valence-corrected chi connectivity index (χ0v) is 19.7. The number of urea groups is 1. The lowest BCUT2D eigenvalue weighted by Gasteiger charge is -2.36. The van der Waals surface area contributed by atoms with Gasteiger partial charge in [0, 0.05) is 26.2 Å². The van der Waals surface area contributed by atoms with Crippen molar-refractivity contribution in [1.29, 1.82) is 0 Å². The Morgan fingerprint density at radius 1 is 0.970 bits per heavy atom. The van der Waals surface area contributed by atoms with E-state index in [1.165, 1.54) is 9.21 Å². The van der Waals surface area contributed by atoms with E-state index in [1.54, 1.807) is 12.1 Å². The molecule has 2 aromatic carbocycles. The summed E-state index contributed by atoms with van der Waals surface area (Å²) in [7, 11) is -3.61. The molecule has 2 aromatic rings. The van der Waals surface area contributed by atoms with Gasteiger partial charge in [-0.3, -0.25) is 9.69 Å². The first-order chi connectivity index (χ1) is 15.8. The van der Waals surface area contributed by atoms with E-state index in [1.807, 2.05) is 35.2 Å². The van der Waals surface area contributed by atoms with Crippen LogP contribution in [0, 0.1) is 5.92 Å². The molecule has 3 aliphatic rings. The van der Waals surface area contributed by atoms with Crippen molar-refractivity contribution < 1.29 is 18.0 Å². The Labute approximate surface area is 194 Å². The number of rotatable bonds is 4. The second-order valence-electron chi connectivity index (χ2n) is 9.60. The Balaban J connectivity index is 1.23. The molecule has 1 spiro atoms. The van der Waals surface area contributed by atoms with Crippen molar-refractivity contribution in [2.75, 3.05) is 32.8 Å². The Morgan fingerprint density at radius 3 is 2.33 bits per heavy atom. The van der Waals surface area contributed by atoms with Gasteiger partial charge >= 0.3 is 6.03 Å². The van der Waals surface area contributed by atoms with Crippen molar-refractivity contribution in [2.45, 2.75) is 43.0 Å². The summed E-state index contributed by atoms with van der Waals surface area (Å²) in [6.45, 7) is 3.95. The molecule has 2 heterocycles. The van der Waals surface area contributed by atoms with Crippen LogP contribution < -0.4 is 5.32 Å². The van der Waals surface area contributed by atoms with Crippen LogP contribution in [0.15, 0.2) is 47.4 Å². The third kappa shape index (κ3) is 4.02. The predicted octanol–water partition coefficient (Wildman–Crippen LogP) is 2.60. The van der Waals surface area contributed by atoms with Crippen molar-refractivity contribution in [2.24, 2.45) is 5.92 Å². The molecular weight excluding hydrogens is 440 g/mol. The lowest BCUT2D eigenvalue weighted by molar-refractivity contribution is -0.134. The SMILES string of the molecule is CC1CCC2(CC1)NC(=O)N(CN1CCN(S(=O)(=O)c3ccc4ccccc4c3)CC1)C2=O. The van der Waals surface area contributed by atoms with Crippen LogP contribution in [0.4, 0.5) is 4.79 Å². The Morgan fingerprint density at radius 2 is 1.64 bits per heavy atom. The summed E-state index contributed by atoms with van der Waals surface area (Å²) in [5.41, 5.74) is -0.745. The Hall–Kier alpha value is -2.49. The molecule has 176 valence electrons. The van der Waals surface area contributed by atoms with E-state index in [2.05, 4.69) is 12.2 Å². The molecule has 3 amide bonds. The molecule has 1 saturated carbocycles. The minimum absolute atomic E-state index is 0.134. The number of hydrogen-bond acceptors (Lipinski definition) is 5. The fourth-order valence-electron chi connectivity index (χ4n) is 5.19. The molecule has 0 radical (unpaired) electrons. The van der Waals surface area contributed by atoms with E-state index >= 15 is 0 Å². The third-order valence-corrected chi connectivity index (χ3v) is 9.30. The highest BCUT2D eigenvalue weighted by Crippen LogP contribution is 2.36. The quantitative estimate of drug-likeness (QED) is 0.694. The fraction of sp³-hybridized carbons (Fsp3) is 0.500. The largest absolute Gasteiger partial charge is 0.326 e. The highest BCUT2D eigenvalue weighted by atomic mass is 32.2. The van der Waals surface area contributed by atoms with Crippen LogP contribution in [0.2, 0.25) is 0 Å². The molecule has 0 aromatic heterocycles. The summed E-state index contributed by atoms with van der Waals surface area (Å²) >= 11 is 0. The van der Waals surface area contributed by atoms with Gasteiger partial charge in [0.05, 0.1) is 11.6 Å². The third-order valence-electron chi connectivity index (χ3n) is 7.41. The number of imide groups is 1. The standard InChI is InChI=1S/C24H30N4O4S/c1-18-8-10-24(11-9-18)22(29)28(23(30)25-24)17-26-12-14-27(15-13-26)33(31,32)21-7-6-19-4-2-3-5-20(19)16-21/h2-7,16,18H,8-15,17H2,1H3,(H,25,30). The molecule has 3 fully saturated rings. The lowest BCUT2D eigenvalue weighted by Crippen LogP contribution is -2.53. The maximum atomic E-state index is 13.2. The molecule has 5 rings (SSSR count). The number of carbonyl (C=O) groups excluding carboxylic acids is 2. The van der Waals surface area contributed by atoms with Gasteiger partial charge in [-0.15, -0.1) is 0 Å². The van der Waals surface area contributed by atoms with Crippen LogP contribution in [-0.2, 0) is 14.8 Å². The van der Waals surface area contributed by atoms with E-state index in [9.17, 15) is 18.0 Å². The van der Waals surface area contributed by atoms with Crippen molar-refractivity contribution >= 4 is 32.7 Å². The van der Waals surface area contributed by atoms with E-state index in [-0.39, 0.29) is 23.5 Å². The van der Waals surface area contributed by atoms with Crippen LogP contribution in [0.1, 0.15) is 32.6 Å². The molecule has 0 bridgehead atoms. The number of fused-ring (bicyclic) bond motifs is 1. The normalized spacial score (nSPS) is 27.4. The zero-order chi connectivity index (χ0) is 23.2. The van der Waals surface area contributed by atoms with Crippen LogP contribution in [-0.4, -0.2) is 72.8 Å². The zero-order valence-electron chi connectivity index (χ0n) is 18.9. The molecule has 2 saturated heterocycles. The van der Waals surface area contributed by atoms with Crippen molar-refractivity contribution in [3.05, 3.63) is 42.5 Å². The number of piperazine rings is 1. The van der Waals surface area contributed by atoms with Crippen molar-refractivity contribution in [3.63, 3.8) is 0 Å². The second kappa shape index (κ2) is 8.38. The summed E-state index contributed by atoms with van der Waals surface area (Å²) in [5.74, 6) is 0.442. The van der Waals surface area contributed by atoms with Crippen LogP contribution in [0.5, 0.6) is 0 Å². The van der Waals surface area contributed by atoms with Gasteiger partial charge in [-0.25, -0.2) is 18.1 Å². The van der Waals surface area contributed by atoms with Gasteiger partial charge in [-0.05, 0) is 54.5 Å². The predicted molar refractivity (Wildman–Crippen MR) is 125 cm³/mol. The summed E-state index contributed by atoms with van der Waals surface area (Å²) in [6.07, 6.45) is 3.25. The van der Waals surface area contributed by atoms with Gasteiger partial charge in [0.1, 0.15) is 5.54 Å². The van der Waals surface area contributed by atoms with Crippen molar-refractivity contribution in [1.82, 2.24) is 19.4 Å². The van der Waals surface area contributed by atoms with Crippen LogP contribution in [0.3, 0.4) is 0 Å². The molecule has 1 N–H and O–H groups in total. The van der Waals surface area contributed by atoms with E-state index in [0.29, 0.717) is 44.9 Å². The Kier molecular flexibility index (Phi) is 5.66. The topological polar surface area (TPSA) is 90.0 Å². The number of amides is 3. The number of nitrogens with one attached hydrogen (secondary N) is 1. The molecule has 0 unspecified atom stereocenters. The molecule has 8 nitrogen and oxygen atoms in total. The van der Waals surface area contributed by atoms with Gasteiger partial charge < -0.3 is 5.32 Å². The van der Waals surface area contributed by atoms with Gasteiger partial charge in [-0.1, -0.05) is 37.3 Å². The summed E-state index contributed by atoms with van der Waals surface area (Å²) in [5, 5.41) is 4.84. The monoisotopic (exact) mass is 470 g/mol. The average Bonchev–Trinajstić information content (AvgIpc) is 3.05. The first kappa shape index (κ1) is 22.3. The number of carbonyl (C=O) groups is 2. The molecule has 33 heavy (non-hydrogen) atoms. The van der Waals surface area contributed by atoms with Gasteiger partial charge in [0.15, 0.2) is 0 Å². The average molecular weight is 471 g/mol. The molecule has 1 aliphatic carbocycles. The number of nitrogens with zero attached hydrogens (tertiary/aromatic N) is 3. The minimum Gasteiger partial charge on any atom is -0.323 e. The van der Waals surface area contributed by atoms with Gasteiger partial charge in [-0.2, -0.15) is 4.31 Å². The molecular formula is C24H30N4O4S. The van der Waals surface area contributed by atoms with E-state index < -0.39 is 15.6 Å². The van der Waals surface area contributed by atoms with Gasteiger partial charge in [0.25, 0.3) is 5.91 Å². The smallest absolute Gasteiger partial charge is 0.323 e. The summed E-state index contributed by atoms with van der Waals surface area (Å²) in [6, 6.07) is 12.6. The lowest BCUT2D eigenvalue weighted by atomic mass is 9.77. The number of sulfonamides is 1. The first-order valence-electron chi connectivity index (χ1n) is 11.6. The molecule has 2 aliphatic heterocycles. The van der Waals surface area contributed by atoms with E-state index in [0.717, 1.165) is 23.6 Å².